The van der Waals surface area contributed by atoms with Crippen LogP contribution in [0.2, 0.25) is 0 Å². The molecule has 2 amide bonds. The maximum absolute atomic E-state index is 13.0. The molecular weight excluding hydrogens is 404 g/mol. The summed E-state index contributed by atoms with van der Waals surface area (Å²) in [5, 5.41) is 2.82. The molecule has 0 aromatic heterocycles. The molecule has 0 aliphatic rings. The number of hydrogen-bond acceptors (Lipinski definition) is 2. The van der Waals surface area contributed by atoms with E-state index in [1.54, 1.807) is 11.8 Å². The summed E-state index contributed by atoms with van der Waals surface area (Å²) in [5.74, 6) is -0.148. The summed E-state index contributed by atoms with van der Waals surface area (Å²) >= 11 is 3.46. The summed E-state index contributed by atoms with van der Waals surface area (Å²) in [4.78, 5) is 27.0. The molecule has 0 radical (unpaired) electrons. The minimum Gasteiger partial charge on any atom is -0.355 e. The van der Waals surface area contributed by atoms with Gasteiger partial charge in [-0.05, 0) is 50.5 Å². The van der Waals surface area contributed by atoms with Gasteiger partial charge in [-0.25, -0.2) is 0 Å². The molecule has 0 heterocycles. The van der Waals surface area contributed by atoms with Gasteiger partial charge in [0.2, 0.25) is 11.8 Å². The number of carbonyl (C=O) groups excluding carboxylic acids is 2. The van der Waals surface area contributed by atoms with E-state index in [1.807, 2.05) is 38.1 Å². The van der Waals surface area contributed by atoms with Gasteiger partial charge in [0, 0.05) is 24.0 Å². The number of aryl methyl sites for hydroxylation is 2. The lowest BCUT2D eigenvalue weighted by Gasteiger charge is -2.29. The number of nitrogens with zero attached hydrogens (tertiary/aromatic N) is 1. The average molecular weight is 431 g/mol. The Bertz CT molecular complexity index is 774. The van der Waals surface area contributed by atoms with Crippen LogP contribution in [0.25, 0.3) is 0 Å². The monoisotopic (exact) mass is 430 g/mol. The molecule has 1 atom stereocenters. The Hall–Kier alpha value is -2.14. The minimum atomic E-state index is -0.519. The first-order valence-electron chi connectivity index (χ1n) is 9.28. The van der Waals surface area contributed by atoms with E-state index in [2.05, 4.69) is 45.5 Å². The van der Waals surface area contributed by atoms with Crippen LogP contribution in [-0.2, 0) is 22.6 Å². The third kappa shape index (κ3) is 6.51. The lowest BCUT2D eigenvalue weighted by atomic mass is 10.1. The van der Waals surface area contributed by atoms with Gasteiger partial charge in [0.05, 0.1) is 0 Å². The topological polar surface area (TPSA) is 49.4 Å². The van der Waals surface area contributed by atoms with Crippen molar-refractivity contribution in [3.8, 4) is 0 Å². The van der Waals surface area contributed by atoms with Crippen molar-refractivity contribution in [2.75, 3.05) is 6.54 Å². The van der Waals surface area contributed by atoms with Crippen molar-refractivity contribution in [2.24, 2.45) is 0 Å². The van der Waals surface area contributed by atoms with Gasteiger partial charge in [0.25, 0.3) is 0 Å². The third-order valence-electron chi connectivity index (χ3n) is 4.51. The van der Waals surface area contributed by atoms with E-state index in [1.165, 1.54) is 5.56 Å². The van der Waals surface area contributed by atoms with E-state index in [0.717, 1.165) is 15.6 Å². The number of likely N-dealkylation sites (N-methyl/N-ethyl adjacent to an activating group) is 1. The minimum absolute atomic E-state index is 0.0192. The fourth-order valence-electron chi connectivity index (χ4n) is 2.89. The van der Waals surface area contributed by atoms with E-state index in [-0.39, 0.29) is 11.8 Å². The van der Waals surface area contributed by atoms with Gasteiger partial charge in [-0.2, -0.15) is 0 Å². The second kappa shape index (κ2) is 10.3. The van der Waals surface area contributed by atoms with Crippen molar-refractivity contribution < 1.29 is 9.59 Å². The first-order chi connectivity index (χ1) is 12.9. The predicted octanol–water partition coefficient (Wildman–Crippen LogP) is 4.24. The maximum Gasteiger partial charge on any atom is 0.242 e. The Morgan fingerprint density at radius 2 is 1.81 bits per heavy atom. The average Bonchev–Trinajstić information content (AvgIpc) is 2.65. The van der Waals surface area contributed by atoms with Crippen LogP contribution < -0.4 is 5.32 Å². The van der Waals surface area contributed by atoms with E-state index in [0.29, 0.717) is 25.9 Å². The van der Waals surface area contributed by atoms with Crippen LogP contribution >= 0.6 is 15.9 Å². The predicted molar refractivity (Wildman–Crippen MR) is 112 cm³/mol. The van der Waals surface area contributed by atoms with Gasteiger partial charge in [-0.15, -0.1) is 0 Å². The molecule has 0 saturated heterocycles. The maximum atomic E-state index is 13.0. The normalized spacial score (nSPS) is 11.7. The summed E-state index contributed by atoms with van der Waals surface area (Å²) in [6.45, 7) is 6.66. The Labute approximate surface area is 170 Å². The highest BCUT2D eigenvalue weighted by atomic mass is 79.9. The van der Waals surface area contributed by atoms with Gasteiger partial charge in [-0.1, -0.05) is 57.9 Å². The molecule has 1 N–H and O–H groups in total. The molecule has 0 aliphatic heterocycles. The van der Waals surface area contributed by atoms with E-state index >= 15 is 0 Å². The first kappa shape index (κ1) is 21.2. The van der Waals surface area contributed by atoms with Crippen molar-refractivity contribution >= 4 is 27.7 Å². The van der Waals surface area contributed by atoms with Crippen LogP contribution in [0.5, 0.6) is 0 Å². The van der Waals surface area contributed by atoms with Gasteiger partial charge >= 0.3 is 0 Å². The van der Waals surface area contributed by atoms with Crippen molar-refractivity contribution in [3.05, 3.63) is 69.7 Å². The highest BCUT2D eigenvalue weighted by Gasteiger charge is 2.25. The molecule has 2 rings (SSSR count). The number of halogens is 1. The van der Waals surface area contributed by atoms with Crippen LogP contribution in [0.1, 0.15) is 37.0 Å². The van der Waals surface area contributed by atoms with E-state index in [4.69, 9.17) is 0 Å². The van der Waals surface area contributed by atoms with Crippen LogP contribution in [0.4, 0.5) is 0 Å². The molecule has 4 nitrogen and oxygen atoms in total. The Morgan fingerprint density at radius 1 is 1.11 bits per heavy atom. The van der Waals surface area contributed by atoms with Crippen LogP contribution in [0, 0.1) is 6.92 Å². The van der Waals surface area contributed by atoms with Gasteiger partial charge in [-0.3, -0.25) is 9.59 Å². The smallest absolute Gasteiger partial charge is 0.242 e. The van der Waals surface area contributed by atoms with Crippen molar-refractivity contribution in [2.45, 2.75) is 46.2 Å². The Kier molecular flexibility index (Phi) is 8.04. The molecule has 27 heavy (non-hydrogen) atoms. The van der Waals surface area contributed by atoms with Crippen LogP contribution in [-0.4, -0.2) is 29.3 Å². The number of amides is 2. The number of hydrogen-bond donors (Lipinski definition) is 1. The fraction of sp³-hybridized carbons (Fsp3) is 0.364. The van der Waals surface area contributed by atoms with Gasteiger partial charge in [0.15, 0.2) is 0 Å². The molecule has 0 aliphatic carbocycles. The standard InChI is InChI=1S/C22H27BrN2O2/c1-4-24-22(27)17(3)25(15-19-6-5-7-20(23)14-19)21(26)13-12-18-10-8-16(2)9-11-18/h5-11,14,17H,4,12-13,15H2,1-3H3,(H,24,27). The Balaban J connectivity index is 2.12. The molecule has 2 aromatic rings. The zero-order valence-electron chi connectivity index (χ0n) is 16.2. The quantitative estimate of drug-likeness (QED) is 0.680. The first-order valence-corrected chi connectivity index (χ1v) is 10.1. The molecule has 2 aromatic carbocycles. The zero-order valence-corrected chi connectivity index (χ0v) is 17.8. The summed E-state index contributed by atoms with van der Waals surface area (Å²) < 4.78 is 0.956. The summed E-state index contributed by atoms with van der Waals surface area (Å²) in [6, 6.07) is 15.5. The van der Waals surface area contributed by atoms with E-state index in [9.17, 15) is 9.59 Å². The summed E-state index contributed by atoms with van der Waals surface area (Å²) in [7, 11) is 0. The summed E-state index contributed by atoms with van der Waals surface area (Å²) in [6.07, 6.45) is 1.04. The molecule has 144 valence electrons. The molecule has 0 saturated carbocycles. The Morgan fingerprint density at radius 3 is 2.44 bits per heavy atom. The summed E-state index contributed by atoms with van der Waals surface area (Å²) in [5.41, 5.74) is 3.32. The molecular formula is C22H27BrN2O2. The lowest BCUT2D eigenvalue weighted by Crippen LogP contribution is -2.47. The van der Waals surface area contributed by atoms with Crippen LogP contribution in [0.3, 0.4) is 0 Å². The van der Waals surface area contributed by atoms with E-state index < -0.39 is 6.04 Å². The van der Waals surface area contributed by atoms with Gasteiger partial charge in [0.1, 0.15) is 6.04 Å². The zero-order chi connectivity index (χ0) is 19.8. The van der Waals surface area contributed by atoms with Crippen molar-refractivity contribution in [3.63, 3.8) is 0 Å². The lowest BCUT2D eigenvalue weighted by molar-refractivity contribution is -0.140. The highest BCUT2D eigenvalue weighted by Crippen LogP contribution is 2.17. The third-order valence-corrected chi connectivity index (χ3v) is 5.00. The largest absolute Gasteiger partial charge is 0.355 e. The highest BCUT2D eigenvalue weighted by molar-refractivity contribution is 9.10. The number of nitrogens with one attached hydrogen (secondary N) is 1. The number of carbonyl (C=O) groups is 2. The molecule has 5 heteroatoms. The second-order valence-electron chi connectivity index (χ2n) is 6.71. The molecule has 1 unspecified atom stereocenters. The molecule has 0 spiro atoms. The van der Waals surface area contributed by atoms with Gasteiger partial charge < -0.3 is 10.2 Å². The molecule has 0 bridgehead atoms. The SMILES string of the molecule is CCNC(=O)C(C)N(Cc1cccc(Br)c1)C(=O)CCc1ccc(C)cc1. The number of benzene rings is 2. The fourth-order valence-corrected chi connectivity index (χ4v) is 3.33. The molecule has 0 fully saturated rings. The van der Waals surface area contributed by atoms with Crippen molar-refractivity contribution in [1.29, 1.82) is 0 Å². The second-order valence-corrected chi connectivity index (χ2v) is 7.62. The van der Waals surface area contributed by atoms with Crippen LogP contribution in [0.15, 0.2) is 53.0 Å². The van der Waals surface area contributed by atoms with Crippen molar-refractivity contribution in [1.82, 2.24) is 10.2 Å². The number of rotatable bonds is 8.